The number of phenols is 1. The largest absolute Gasteiger partial charge is 0.508 e. The highest BCUT2D eigenvalue weighted by atomic mass is 79.9. The maximum Gasteiger partial charge on any atom is 0.115 e. The molecule has 20 heavy (non-hydrogen) atoms. The summed E-state index contributed by atoms with van der Waals surface area (Å²) in [4.78, 5) is 2.37. The van der Waals surface area contributed by atoms with Gasteiger partial charge in [0.1, 0.15) is 5.75 Å². The average Bonchev–Trinajstić information content (AvgIpc) is 2.97. The summed E-state index contributed by atoms with van der Waals surface area (Å²) in [7, 11) is 0. The molecule has 0 aliphatic carbocycles. The molecule has 0 radical (unpaired) electrons. The van der Waals surface area contributed by atoms with Crippen LogP contribution in [0.15, 0.2) is 22.7 Å². The van der Waals surface area contributed by atoms with Crippen molar-refractivity contribution in [1.29, 1.82) is 0 Å². The lowest BCUT2D eigenvalue weighted by Gasteiger charge is -2.35. The van der Waals surface area contributed by atoms with Gasteiger partial charge in [0.25, 0.3) is 0 Å². The van der Waals surface area contributed by atoms with Crippen LogP contribution < -0.4 is 0 Å². The van der Waals surface area contributed by atoms with Crippen LogP contribution in [-0.4, -0.2) is 48.5 Å². The number of hydrogen-bond acceptors (Lipinski definition) is 4. The molecular formula is C15H20BrNO3. The second-order valence-electron chi connectivity index (χ2n) is 5.47. The van der Waals surface area contributed by atoms with Crippen molar-refractivity contribution in [1.82, 2.24) is 4.90 Å². The van der Waals surface area contributed by atoms with E-state index in [0.29, 0.717) is 5.75 Å². The summed E-state index contributed by atoms with van der Waals surface area (Å²) in [5.41, 5.74) is 1.11. The van der Waals surface area contributed by atoms with Crippen LogP contribution in [0.1, 0.15) is 18.4 Å². The summed E-state index contributed by atoms with van der Waals surface area (Å²) in [6.45, 7) is 4.25. The number of hydrogen-bond donors (Lipinski definition) is 1. The molecule has 1 aromatic carbocycles. The SMILES string of the molecule is Oc1ccc(Br)c(CN2CCO[C@H]([C@H]3CCCO3)C2)c1. The summed E-state index contributed by atoms with van der Waals surface area (Å²) in [6, 6.07) is 5.41. The van der Waals surface area contributed by atoms with E-state index in [1.54, 1.807) is 6.07 Å². The maximum absolute atomic E-state index is 9.61. The zero-order valence-electron chi connectivity index (χ0n) is 11.4. The van der Waals surface area contributed by atoms with Crippen LogP contribution in [-0.2, 0) is 16.0 Å². The number of halogens is 1. The fraction of sp³-hybridized carbons (Fsp3) is 0.600. The first-order valence-electron chi connectivity index (χ1n) is 7.15. The zero-order valence-corrected chi connectivity index (χ0v) is 13.0. The Balaban J connectivity index is 1.63. The van der Waals surface area contributed by atoms with Gasteiger partial charge in [-0.1, -0.05) is 15.9 Å². The summed E-state index contributed by atoms with van der Waals surface area (Å²) < 4.78 is 12.6. The molecule has 2 atom stereocenters. The van der Waals surface area contributed by atoms with Crippen LogP contribution in [0, 0.1) is 0 Å². The molecule has 0 saturated carbocycles. The predicted octanol–water partition coefficient (Wildman–Crippen LogP) is 2.53. The number of morpholine rings is 1. The van der Waals surface area contributed by atoms with Gasteiger partial charge in [-0.15, -0.1) is 0 Å². The van der Waals surface area contributed by atoms with E-state index >= 15 is 0 Å². The van der Waals surface area contributed by atoms with E-state index in [1.165, 1.54) is 0 Å². The quantitative estimate of drug-likeness (QED) is 0.917. The van der Waals surface area contributed by atoms with Crippen molar-refractivity contribution in [3.05, 3.63) is 28.2 Å². The molecule has 2 fully saturated rings. The molecule has 4 nitrogen and oxygen atoms in total. The first-order chi connectivity index (χ1) is 9.72. The van der Waals surface area contributed by atoms with E-state index in [9.17, 15) is 5.11 Å². The van der Waals surface area contributed by atoms with Gasteiger partial charge in [-0.2, -0.15) is 0 Å². The average molecular weight is 342 g/mol. The molecule has 2 aliphatic heterocycles. The molecule has 0 amide bonds. The maximum atomic E-state index is 9.61. The first-order valence-corrected chi connectivity index (χ1v) is 7.94. The highest BCUT2D eigenvalue weighted by Gasteiger charge is 2.31. The fourth-order valence-corrected chi connectivity index (χ4v) is 3.29. The lowest BCUT2D eigenvalue weighted by Crippen LogP contribution is -2.47. The Morgan fingerprint density at radius 1 is 1.25 bits per heavy atom. The molecule has 1 aromatic rings. The third kappa shape index (κ3) is 3.34. The highest BCUT2D eigenvalue weighted by Crippen LogP contribution is 2.25. The van der Waals surface area contributed by atoms with Crippen molar-refractivity contribution in [2.24, 2.45) is 0 Å². The molecule has 0 unspecified atom stereocenters. The van der Waals surface area contributed by atoms with Gasteiger partial charge in [0.15, 0.2) is 0 Å². The number of nitrogens with zero attached hydrogens (tertiary/aromatic N) is 1. The van der Waals surface area contributed by atoms with E-state index < -0.39 is 0 Å². The molecule has 3 rings (SSSR count). The van der Waals surface area contributed by atoms with Gasteiger partial charge in [-0.05, 0) is 36.6 Å². The number of aromatic hydroxyl groups is 1. The van der Waals surface area contributed by atoms with Crippen LogP contribution in [0.3, 0.4) is 0 Å². The molecule has 2 aliphatic rings. The molecule has 110 valence electrons. The van der Waals surface area contributed by atoms with E-state index in [1.807, 2.05) is 12.1 Å². The molecule has 2 heterocycles. The minimum absolute atomic E-state index is 0.183. The Kier molecular flexibility index (Phi) is 4.61. The highest BCUT2D eigenvalue weighted by molar-refractivity contribution is 9.10. The monoisotopic (exact) mass is 341 g/mol. The van der Waals surface area contributed by atoms with E-state index in [4.69, 9.17) is 9.47 Å². The van der Waals surface area contributed by atoms with Crippen LogP contribution in [0.5, 0.6) is 5.75 Å². The van der Waals surface area contributed by atoms with E-state index in [2.05, 4.69) is 20.8 Å². The van der Waals surface area contributed by atoms with Crippen LogP contribution >= 0.6 is 15.9 Å². The number of phenolic OH excluding ortho intramolecular Hbond substituents is 1. The lowest BCUT2D eigenvalue weighted by molar-refractivity contribution is -0.0960. The zero-order chi connectivity index (χ0) is 13.9. The van der Waals surface area contributed by atoms with Crippen molar-refractivity contribution in [2.75, 3.05) is 26.3 Å². The second kappa shape index (κ2) is 6.43. The van der Waals surface area contributed by atoms with Gasteiger partial charge in [0, 0.05) is 30.7 Å². The number of benzene rings is 1. The smallest absolute Gasteiger partial charge is 0.115 e. The Labute approximate surface area is 127 Å². The van der Waals surface area contributed by atoms with Crippen molar-refractivity contribution in [3.8, 4) is 5.75 Å². The van der Waals surface area contributed by atoms with E-state index in [0.717, 1.165) is 55.7 Å². The molecule has 2 saturated heterocycles. The molecule has 5 heteroatoms. The summed E-state index contributed by atoms with van der Waals surface area (Å²) in [5, 5.41) is 9.61. The van der Waals surface area contributed by atoms with E-state index in [-0.39, 0.29) is 12.2 Å². The van der Waals surface area contributed by atoms with Crippen LogP contribution in [0.2, 0.25) is 0 Å². The van der Waals surface area contributed by atoms with Gasteiger partial charge in [-0.25, -0.2) is 0 Å². The van der Waals surface area contributed by atoms with Gasteiger partial charge >= 0.3 is 0 Å². The summed E-state index contributed by atoms with van der Waals surface area (Å²) in [6.07, 6.45) is 2.68. The second-order valence-corrected chi connectivity index (χ2v) is 6.33. The minimum atomic E-state index is 0.183. The lowest BCUT2D eigenvalue weighted by atomic mass is 10.1. The van der Waals surface area contributed by atoms with Crippen molar-refractivity contribution >= 4 is 15.9 Å². The third-order valence-electron chi connectivity index (χ3n) is 3.98. The number of ether oxygens (including phenoxy) is 2. The van der Waals surface area contributed by atoms with Crippen molar-refractivity contribution in [3.63, 3.8) is 0 Å². The fourth-order valence-electron chi connectivity index (χ4n) is 2.92. The van der Waals surface area contributed by atoms with Gasteiger partial charge in [0.05, 0.1) is 18.8 Å². The Bertz CT molecular complexity index is 462. The molecular weight excluding hydrogens is 322 g/mol. The first kappa shape index (κ1) is 14.3. The Hall–Kier alpha value is -0.620. The normalized spacial score (nSPS) is 27.9. The molecule has 0 bridgehead atoms. The number of rotatable bonds is 3. The van der Waals surface area contributed by atoms with Gasteiger partial charge in [-0.3, -0.25) is 4.90 Å². The standard InChI is InChI=1S/C15H20BrNO3/c16-13-4-3-12(18)8-11(13)9-17-5-7-20-15(10-17)14-2-1-6-19-14/h3-4,8,14-15,18H,1-2,5-7,9-10H2/t14-,15+/m1/s1. The Morgan fingerprint density at radius 2 is 2.10 bits per heavy atom. The van der Waals surface area contributed by atoms with Crippen LogP contribution in [0.25, 0.3) is 0 Å². The van der Waals surface area contributed by atoms with Crippen molar-refractivity contribution < 1.29 is 14.6 Å². The Morgan fingerprint density at radius 3 is 2.90 bits per heavy atom. The predicted molar refractivity (Wildman–Crippen MR) is 79.8 cm³/mol. The summed E-state index contributed by atoms with van der Waals surface area (Å²) >= 11 is 3.54. The molecule has 1 N–H and O–H groups in total. The summed E-state index contributed by atoms with van der Waals surface area (Å²) in [5.74, 6) is 0.312. The minimum Gasteiger partial charge on any atom is -0.508 e. The third-order valence-corrected chi connectivity index (χ3v) is 4.75. The van der Waals surface area contributed by atoms with Crippen LogP contribution in [0.4, 0.5) is 0 Å². The van der Waals surface area contributed by atoms with Crippen molar-refractivity contribution in [2.45, 2.75) is 31.6 Å². The van der Waals surface area contributed by atoms with Gasteiger partial charge < -0.3 is 14.6 Å². The molecule has 0 spiro atoms. The topological polar surface area (TPSA) is 41.9 Å². The van der Waals surface area contributed by atoms with Gasteiger partial charge in [0.2, 0.25) is 0 Å². The molecule has 0 aromatic heterocycles.